The van der Waals surface area contributed by atoms with Crippen LogP contribution in [0.5, 0.6) is 0 Å². The van der Waals surface area contributed by atoms with Crippen molar-refractivity contribution in [2.45, 2.75) is 6.10 Å². The highest BCUT2D eigenvalue weighted by molar-refractivity contribution is 6.35. The number of morpholine rings is 1. The van der Waals surface area contributed by atoms with E-state index in [1.165, 1.54) is 11.0 Å². The van der Waals surface area contributed by atoms with Gasteiger partial charge in [-0.15, -0.1) is 0 Å². The van der Waals surface area contributed by atoms with Crippen LogP contribution in [0.1, 0.15) is 10.4 Å². The maximum atomic E-state index is 12.4. The Hall–Kier alpha value is -1.50. The zero-order chi connectivity index (χ0) is 14.7. The van der Waals surface area contributed by atoms with Crippen LogP contribution >= 0.6 is 23.2 Å². The van der Waals surface area contributed by atoms with Crippen LogP contribution in [0.3, 0.4) is 0 Å². The molecule has 1 heterocycles. The summed E-state index contributed by atoms with van der Waals surface area (Å²) in [5, 5.41) is 12.3. The molecule has 1 atom stereocenters. The summed E-state index contributed by atoms with van der Waals surface area (Å²) in [6.45, 7) is 0.888. The van der Waals surface area contributed by atoms with Crippen LogP contribution in [0, 0.1) is 0 Å². The molecule has 1 fully saturated rings. The fraction of sp³-hybridized carbons (Fsp3) is 0.333. The van der Waals surface area contributed by atoms with E-state index < -0.39 is 6.10 Å². The molecule has 0 aromatic heterocycles. The molecular weight excluding hydrogens is 305 g/mol. The van der Waals surface area contributed by atoms with Gasteiger partial charge in [0.2, 0.25) is 0 Å². The van der Waals surface area contributed by atoms with E-state index in [1.807, 2.05) is 0 Å². The van der Waals surface area contributed by atoms with Gasteiger partial charge in [0.05, 0.1) is 23.7 Å². The van der Waals surface area contributed by atoms with Gasteiger partial charge in [0.25, 0.3) is 5.91 Å². The monoisotopic (exact) mass is 317 g/mol. The molecule has 8 heteroatoms. The van der Waals surface area contributed by atoms with E-state index in [1.54, 1.807) is 12.1 Å². The van der Waals surface area contributed by atoms with Gasteiger partial charge in [0.15, 0.2) is 5.84 Å². The third-order valence-electron chi connectivity index (χ3n) is 2.96. The summed E-state index contributed by atoms with van der Waals surface area (Å²) >= 11 is 11.9. The first-order valence-electron chi connectivity index (χ1n) is 5.86. The molecular formula is C12H13Cl2N3O3. The number of hydrogen-bond donors (Lipinski definition) is 2. The lowest BCUT2D eigenvalue weighted by Crippen LogP contribution is -2.50. The number of oxime groups is 1. The van der Waals surface area contributed by atoms with Crippen molar-refractivity contribution in [3.63, 3.8) is 0 Å². The topological polar surface area (TPSA) is 88.2 Å². The molecule has 1 unspecified atom stereocenters. The SMILES string of the molecule is NC(=NO)C1CN(C(=O)c2cc(Cl)ccc2Cl)CCO1. The molecule has 1 saturated heterocycles. The first-order valence-corrected chi connectivity index (χ1v) is 6.62. The van der Waals surface area contributed by atoms with Crippen molar-refractivity contribution >= 4 is 34.9 Å². The van der Waals surface area contributed by atoms with Gasteiger partial charge in [-0.3, -0.25) is 4.79 Å². The fourth-order valence-corrected chi connectivity index (χ4v) is 2.28. The minimum Gasteiger partial charge on any atom is -0.409 e. The summed E-state index contributed by atoms with van der Waals surface area (Å²) in [7, 11) is 0. The molecule has 0 spiro atoms. The van der Waals surface area contributed by atoms with Crippen molar-refractivity contribution in [1.82, 2.24) is 4.90 Å². The molecule has 3 N–H and O–H groups in total. The van der Waals surface area contributed by atoms with E-state index in [4.69, 9.17) is 38.9 Å². The number of nitrogens with two attached hydrogens (primary N) is 1. The van der Waals surface area contributed by atoms with Gasteiger partial charge >= 0.3 is 0 Å². The van der Waals surface area contributed by atoms with Crippen LogP contribution in [0.15, 0.2) is 23.4 Å². The molecule has 0 aliphatic carbocycles. The summed E-state index contributed by atoms with van der Waals surface area (Å²) in [5.74, 6) is -0.337. The maximum Gasteiger partial charge on any atom is 0.255 e. The Kier molecular flexibility index (Phi) is 4.69. The van der Waals surface area contributed by atoms with Gasteiger partial charge < -0.3 is 20.6 Å². The predicted molar refractivity (Wildman–Crippen MR) is 75.5 cm³/mol. The number of nitrogens with zero attached hydrogens (tertiary/aromatic N) is 2. The van der Waals surface area contributed by atoms with Gasteiger partial charge in [0, 0.05) is 11.6 Å². The van der Waals surface area contributed by atoms with Crippen molar-refractivity contribution in [2.24, 2.45) is 10.9 Å². The first-order chi connectivity index (χ1) is 9.52. The molecule has 1 aliphatic heterocycles. The lowest BCUT2D eigenvalue weighted by atomic mass is 10.1. The van der Waals surface area contributed by atoms with Gasteiger partial charge in [-0.05, 0) is 18.2 Å². The van der Waals surface area contributed by atoms with Crippen LogP contribution in [0.2, 0.25) is 10.0 Å². The Morgan fingerprint density at radius 3 is 2.95 bits per heavy atom. The zero-order valence-corrected chi connectivity index (χ0v) is 11.9. The number of rotatable bonds is 2. The molecule has 6 nitrogen and oxygen atoms in total. The van der Waals surface area contributed by atoms with Gasteiger partial charge in [0.1, 0.15) is 6.10 Å². The highest BCUT2D eigenvalue weighted by Gasteiger charge is 2.28. The van der Waals surface area contributed by atoms with Crippen LogP contribution in [0.4, 0.5) is 0 Å². The van der Waals surface area contributed by atoms with Crippen molar-refractivity contribution < 1.29 is 14.7 Å². The minimum atomic E-state index is -0.629. The van der Waals surface area contributed by atoms with Crippen LogP contribution < -0.4 is 5.73 Å². The highest BCUT2D eigenvalue weighted by atomic mass is 35.5. The van der Waals surface area contributed by atoms with E-state index in [0.29, 0.717) is 28.8 Å². The first kappa shape index (κ1) is 14.9. The number of hydrogen-bond acceptors (Lipinski definition) is 4. The van der Waals surface area contributed by atoms with Crippen molar-refractivity contribution in [3.8, 4) is 0 Å². The molecule has 0 saturated carbocycles. The Morgan fingerprint density at radius 1 is 1.50 bits per heavy atom. The Morgan fingerprint density at radius 2 is 2.25 bits per heavy atom. The number of benzene rings is 1. The summed E-state index contributed by atoms with van der Waals surface area (Å²) in [4.78, 5) is 13.9. The van der Waals surface area contributed by atoms with E-state index in [9.17, 15) is 4.79 Å². The summed E-state index contributed by atoms with van der Waals surface area (Å²) in [6, 6.07) is 4.69. The molecule has 1 aliphatic rings. The molecule has 20 heavy (non-hydrogen) atoms. The third kappa shape index (κ3) is 3.15. The van der Waals surface area contributed by atoms with Crippen molar-refractivity contribution in [1.29, 1.82) is 0 Å². The molecule has 0 radical (unpaired) electrons. The van der Waals surface area contributed by atoms with E-state index in [2.05, 4.69) is 5.16 Å². The number of amides is 1. The average Bonchev–Trinajstić information content (AvgIpc) is 2.48. The summed E-state index contributed by atoms with van der Waals surface area (Å²) in [5.41, 5.74) is 5.81. The van der Waals surface area contributed by atoms with Crippen LogP contribution in [-0.4, -0.2) is 47.7 Å². The standard InChI is InChI=1S/C12H13Cl2N3O3/c13-7-1-2-9(14)8(5-7)12(18)17-3-4-20-10(6-17)11(15)16-19/h1-2,5,10,19H,3-4,6H2,(H2,15,16). The zero-order valence-electron chi connectivity index (χ0n) is 10.4. The number of carbonyl (C=O) groups excluding carboxylic acids is 1. The normalized spacial score (nSPS) is 20.0. The molecule has 1 aromatic rings. The Balaban J connectivity index is 2.18. The lowest BCUT2D eigenvalue weighted by Gasteiger charge is -2.32. The molecule has 1 aromatic carbocycles. The maximum absolute atomic E-state index is 12.4. The smallest absolute Gasteiger partial charge is 0.255 e. The van der Waals surface area contributed by atoms with Crippen LogP contribution in [0.25, 0.3) is 0 Å². The second kappa shape index (κ2) is 6.30. The number of carbonyl (C=O) groups is 1. The molecule has 108 valence electrons. The highest BCUT2D eigenvalue weighted by Crippen LogP contribution is 2.23. The largest absolute Gasteiger partial charge is 0.409 e. The van der Waals surface area contributed by atoms with E-state index in [-0.39, 0.29) is 18.3 Å². The molecule has 0 bridgehead atoms. The molecule has 1 amide bonds. The van der Waals surface area contributed by atoms with E-state index >= 15 is 0 Å². The number of ether oxygens (including phenoxy) is 1. The van der Waals surface area contributed by atoms with Gasteiger partial charge in [-0.2, -0.15) is 0 Å². The van der Waals surface area contributed by atoms with Crippen molar-refractivity contribution in [3.05, 3.63) is 33.8 Å². The summed E-state index contributed by atoms with van der Waals surface area (Å²) < 4.78 is 5.33. The quantitative estimate of drug-likeness (QED) is 0.375. The number of halogens is 2. The van der Waals surface area contributed by atoms with Crippen LogP contribution in [-0.2, 0) is 4.74 Å². The predicted octanol–water partition coefficient (Wildman–Crippen LogP) is 1.58. The van der Waals surface area contributed by atoms with Crippen molar-refractivity contribution in [2.75, 3.05) is 19.7 Å². The van der Waals surface area contributed by atoms with Gasteiger partial charge in [-0.25, -0.2) is 0 Å². The Bertz CT molecular complexity index is 551. The van der Waals surface area contributed by atoms with Gasteiger partial charge in [-0.1, -0.05) is 28.4 Å². The summed E-state index contributed by atoms with van der Waals surface area (Å²) in [6.07, 6.45) is -0.629. The molecule has 2 rings (SSSR count). The minimum absolute atomic E-state index is 0.0697. The van der Waals surface area contributed by atoms with E-state index in [0.717, 1.165) is 0 Å². The number of amidine groups is 1. The third-order valence-corrected chi connectivity index (χ3v) is 3.52. The second-order valence-corrected chi connectivity index (χ2v) is 5.10. The Labute approximate surface area is 125 Å². The average molecular weight is 318 g/mol. The second-order valence-electron chi connectivity index (χ2n) is 4.26. The lowest BCUT2D eigenvalue weighted by molar-refractivity contribution is 0.00676. The fourth-order valence-electron chi connectivity index (χ4n) is 1.91.